The molecule has 3 heterocycles. The number of aromatic nitrogens is 4. The van der Waals surface area contributed by atoms with E-state index in [2.05, 4.69) is 15.0 Å². The van der Waals surface area contributed by atoms with E-state index in [9.17, 15) is 0 Å². The predicted molar refractivity (Wildman–Crippen MR) is 64.3 cm³/mol. The van der Waals surface area contributed by atoms with Gasteiger partial charge in [0.1, 0.15) is 17.7 Å². The predicted octanol–water partition coefficient (Wildman–Crippen LogP) is 2.84. The second-order valence-electron chi connectivity index (χ2n) is 3.31. The maximum atomic E-state index is 5.98. The molecule has 0 unspecified atom stereocenters. The van der Waals surface area contributed by atoms with E-state index < -0.39 is 0 Å². The zero-order valence-electron chi connectivity index (χ0n) is 8.38. The van der Waals surface area contributed by atoms with E-state index in [4.69, 9.17) is 11.6 Å². The summed E-state index contributed by atoms with van der Waals surface area (Å²) in [5.74, 6) is 0.857. The molecule has 0 radical (unpaired) electrons. The van der Waals surface area contributed by atoms with Gasteiger partial charge in [-0.25, -0.2) is 15.0 Å². The summed E-state index contributed by atoms with van der Waals surface area (Å²) in [6.07, 6.45) is 1.45. The minimum atomic E-state index is 0.391. The van der Waals surface area contributed by atoms with Crippen LogP contribution in [0.1, 0.15) is 5.82 Å². The van der Waals surface area contributed by atoms with Gasteiger partial charge in [-0.2, -0.15) is 11.3 Å². The third-order valence-corrected chi connectivity index (χ3v) is 3.28. The Hall–Kier alpha value is -1.46. The molecule has 0 spiro atoms. The zero-order chi connectivity index (χ0) is 11.1. The van der Waals surface area contributed by atoms with Crippen LogP contribution in [0.4, 0.5) is 0 Å². The number of rotatable bonds is 1. The number of thiophene rings is 1. The summed E-state index contributed by atoms with van der Waals surface area (Å²) in [5, 5.41) is 4.45. The van der Waals surface area contributed by atoms with E-state index in [1.807, 2.05) is 28.3 Å². The van der Waals surface area contributed by atoms with Crippen molar-refractivity contribution in [3.8, 4) is 5.69 Å². The molecule has 0 atom stereocenters. The van der Waals surface area contributed by atoms with E-state index >= 15 is 0 Å². The van der Waals surface area contributed by atoms with E-state index in [0.717, 1.165) is 17.2 Å². The van der Waals surface area contributed by atoms with Crippen LogP contribution in [0.5, 0.6) is 0 Å². The van der Waals surface area contributed by atoms with Gasteiger partial charge in [0, 0.05) is 5.38 Å². The molecule has 6 heteroatoms. The molecule has 0 aromatic carbocycles. The number of halogens is 1. The summed E-state index contributed by atoms with van der Waals surface area (Å²) in [7, 11) is 0. The van der Waals surface area contributed by atoms with Gasteiger partial charge in [-0.15, -0.1) is 0 Å². The van der Waals surface area contributed by atoms with Crippen molar-refractivity contribution in [3.05, 3.63) is 34.1 Å². The first-order valence-corrected chi connectivity index (χ1v) is 5.97. The molecule has 0 bridgehead atoms. The molecule has 3 aromatic heterocycles. The van der Waals surface area contributed by atoms with Gasteiger partial charge in [-0.1, -0.05) is 11.6 Å². The van der Waals surface area contributed by atoms with Crippen LogP contribution in [-0.4, -0.2) is 19.5 Å². The Morgan fingerprint density at radius 2 is 2.25 bits per heavy atom. The third-order valence-electron chi connectivity index (χ3n) is 2.33. The smallest absolute Gasteiger partial charge is 0.169 e. The molecule has 0 aliphatic heterocycles. The van der Waals surface area contributed by atoms with Gasteiger partial charge < -0.3 is 0 Å². The highest BCUT2D eigenvalue weighted by atomic mass is 35.5. The van der Waals surface area contributed by atoms with Crippen molar-refractivity contribution in [1.82, 2.24) is 19.5 Å². The summed E-state index contributed by atoms with van der Waals surface area (Å²) in [4.78, 5) is 12.5. The van der Waals surface area contributed by atoms with Crippen LogP contribution in [0, 0.1) is 6.92 Å². The number of hydrogen-bond donors (Lipinski definition) is 0. The largest absolute Gasteiger partial charge is 0.280 e. The fourth-order valence-corrected chi connectivity index (χ4v) is 2.46. The monoisotopic (exact) mass is 250 g/mol. The average molecular weight is 251 g/mol. The normalized spacial score (nSPS) is 11.1. The Morgan fingerprint density at radius 3 is 3.00 bits per heavy atom. The van der Waals surface area contributed by atoms with Gasteiger partial charge in [-0.3, -0.25) is 4.57 Å². The molecular weight excluding hydrogens is 244 g/mol. The van der Waals surface area contributed by atoms with Crippen LogP contribution >= 0.6 is 22.9 Å². The Bertz CT molecular complexity index is 644. The highest BCUT2D eigenvalue weighted by molar-refractivity contribution is 7.08. The van der Waals surface area contributed by atoms with Gasteiger partial charge in [0.15, 0.2) is 10.8 Å². The summed E-state index contributed by atoms with van der Waals surface area (Å²) in [6.45, 7) is 1.93. The first-order valence-electron chi connectivity index (χ1n) is 4.65. The fraction of sp³-hybridized carbons (Fsp3) is 0.100. The van der Waals surface area contributed by atoms with Gasteiger partial charge in [0.05, 0.1) is 5.69 Å². The second-order valence-corrected chi connectivity index (χ2v) is 4.45. The van der Waals surface area contributed by atoms with E-state index in [-0.39, 0.29) is 0 Å². The molecule has 3 rings (SSSR count). The third kappa shape index (κ3) is 1.32. The van der Waals surface area contributed by atoms with Crippen LogP contribution in [-0.2, 0) is 0 Å². The Morgan fingerprint density at radius 1 is 1.38 bits per heavy atom. The van der Waals surface area contributed by atoms with Crippen molar-refractivity contribution in [2.24, 2.45) is 0 Å². The molecule has 80 valence electrons. The van der Waals surface area contributed by atoms with Gasteiger partial charge in [0.2, 0.25) is 0 Å². The SMILES string of the molecule is Cc1nc2c(Cl)ncnc2n1-c1ccsc1. The Balaban J connectivity index is 2.41. The summed E-state index contributed by atoms with van der Waals surface area (Å²) < 4.78 is 1.97. The molecule has 0 fully saturated rings. The molecule has 0 saturated carbocycles. The maximum absolute atomic E-state index is 5.98. The van der Waals surface area contributed by atoms with E-state index in [1.54, 1.807) is 11.3 Å². The van der Waals surface area contributed by atoms with E-state index in [1.165, 1.54) is 6.33 Å². The van der Waals surface area contributed by atoms with Crippen molar-refractivity contribution < 1.29 is 0 Å². The van der Waals surface area contributed by atoms with Crippen LogP contribution in [0.2, 0.25) is 5.15 Å². The quantitative estimate of drug-likeness (QED) is 0.624. The standard InChI is InChI=1S/C10H7ClN4S/c1-6-14-8-9(11)12-5-13-10(8)15(6)7-2-3-16-4-7/h2-5H,1H3. The molecule has 16 heavy (non-hydrogen) atoms. The van der Waals surface area contributed by atoms with Crippen molar-refractivity contribution >= 4 is 34.1 Å². The van der Waals surface area contributed by atoms with Gasteiger partial charge in [0.25, 0.3) is 0 Å². The molecule has 4 nitrogen and oxygen atoms in total. The lowest BCUT2D eigenvalue weighted by Gasteiger charge is -2.01. The topological polar surface area (TPSA) is 43.6 Å². The van der Waals surface area contributed by atoms with Crippen molar-refractivity contribution in [3.63, 3.8) is 0 Å². The van der Waals surface area contributed by atoms with Crippen molar-refractivity contribution in [2.45, 2.75) is 6.92 Å². The number of hydrogen-bond acceptors (Lipinski definition) is 4. The maximum Gasteiger partial charge on any atom is 0.169 e. The summed E-state index contributed by atoms with van der Waals surface area (Å²) in [5.41, 5.74) is 2.45. The molecule has 0 aliphatic carbocycles. The lowest BCUT2D eigenvalue weighted by atomic mass is 10.5. The second kappa shape index (κ2) is 3.54. The minimum Gasteiger partial charge on any atom is -0.280 e. The van der Waals surface area contributed by atoms with Gasteiger partial charge in [-0.05, 0) is 18.4 Å². The zero-order valence-corrected chi connectivity index (χ0v) is 9.96. The number of aryl methyl sites for hydroxylation is 1. The lowest BCUT2D eigenvalue weighted by molar-refractivity contribution is 0.990. The van der Waals surface area contributed by atoms with Crippen LogP contribution in [0.25, 0.3) is 16.9 Å². The molecular formula is C10H7ClN4S. The first-order chi connectivity index (χ1) is 7.77. The highest BCUT2D eigenvalue weighted by Gasteiger charge is 2.13. The summed E-state index contributed by atoms with van der Waals surface area (Å²) in [6, 6.07) is 2.02. The minimum absolute atomic E-state index is 0.391. The molecule has 0 amide bonds. The Kier molecular flexibility index (Phi) is 2.15. The summed E-state index contributed by atoms with van der Waals surface area (Å²) >= 11 is 7.61. The number of fused-ring (bicyclic) bond motifs is 1. The van der Waals surface area contributed by atoms with Crippen LogP contribution in [0.3, 0.4) is 0 Å². The van der Waals surface area contributed by atoms with Crippen LogP contribution < -0.4 is 0 Å². The fourth-order valence-electron chi connectivity index (χ4n) is 1.67. The number of imidazole rings is 1. The first kappa shape index (κ1) is 9.74. The van der Waals surface area contributed by atoms with E-state index in [0.29, 0.717) is 10.7 Å². The number of nitrogens with zero attached hydrogens (tertiary/aromatic N) is 4. The average Bonchev–Trinajstić information content (AvgIpc) is 2.85. The molecule has 0 N–H and O–H groups in total. The van der Waals surface area contributed by atoms with Crippen molar-refractivity contribution in [2.75, 3.05) is 0 Å². The van der Waals surface area contributed by atoms with Crippen LogP contribution in [0.15, 0.2) is 23.2 Å². The molecule has 0 aliphatic rings. The lowest BCUT2D eigenvalue weighted by Crippen LogP contribution is -1.96. The van der Waals surface area contributed by atoms with Gasteiger partial charge >= 0.3 is 0 Å². The highest BCUT2D eigenvalue weighted by Crippen LogP contribution is 2.24. The van der Waals surface area contributed by atoms with Crippen molar-refractivity contribution in [1.29, 1.82) is 0 Å². The Labute approximate surface area is 101 Å². The molecule has 0 saturated heterocycles. The molecule has 3 aromatic rings.